The SMILES string of the molecule is COc1ccc(C)cc1NC(=O)[C@@H]1[C@H]2CC[C@@H](C2)[C@H]1C(=O)O. The zero-order chi connectivity index (χ0) is 15.9. The van der Waals surface area contributed by atoms with Crippen LogP contribution in [0.4, 0.5) is 5.69 Å². The standard InChI is InChI=1S/C17H21NO4/c1-9-3-6-13(22-2)12(7-9)18-16(19)14-10-4-5-11(8-10)15(14)17(20)21/h3,6-7,10-11,14-15H,4-5,8H2,1-2H3,(H,18,19)(H,20,21)/t10-,11-,14+,15+/m0/s1. The number of anilines is 1. The summed E-state index contributed by atoms with van der Waals surface area (Å²) in [6.45, 7) is 1.94. The maximum Gasteiger partial charge on any atom is 0.307 e. The summed E-state index contributed by atoms with van der Waals surface area (Å²) < 4.78 is 5.27. The van der Waals surface area contributed by atoms with Gasteiger partial charge in [-0.15, -0.1) is 0 Å². The Bertz CT molecular complexity index is 613. The van der Waals surface area contributed by atoms with Crippen LogP contribution in [0.1, 0.15) is 24.8 Å². The zero-order valence-corrected chi connectivity index (χ0v) is 12.8. The van der Waals surface area contributed by atoms with E-state index in [2.05, 4.69) is 5.32 Å². The maximum absolute atomic E-state index is 12.7. The molecule has 0 saturated heterocycles. The van der Waals surface area contributed by atoms with E-state index in [4.69, 9.17) is 4.74 Å². The summed E-state index contributed by atoms with van der Waals surface area (Å²) in [6.07, 6.45) is 2.75. The van der Waals surface area contributed by atoms with Crippen LogP contribution in [-0.2, 0) is 9.59 Å². The van der Waals surface area contributed by atoms with E-state index in [1.54, 1.807) is 13.2 Å². The van der Waals surface area contributed by atoms with Crippen LogP contribution in [0, 0.1) is 30.6 Å². The molecule has 22 heavy (non-hydrogen) atoms. The first kappa shape index (κ1) is 14.9. The molecule has 3 rings (SSSR count). The Morgan fingerprint density at radius 2 is 1.91 bits per heavy atom. The molecule has 0 radical (unpaired) electrons. The van der Waals surface area contributed by atoms with Crippen LogP contribution in [0.5, 0.6) is 5.75 Å². The summed E-state index contributed by atoms with van der Waals surface area (Å²) >= 11 is 0. The van der Waals surface area contributed by atoms with Gasteiger partial charge in [0.15, 0.2) is 0 Å². The monoisotopic (exact) mass is 303 g/mol. The molecule has 1 aromatic carbocycles. The number of hydrogen-bond acceptors (Lipinski definition) is 3. The topological polar surface area (TPSA) is 75.6 Å². The largest absolute Gasteiger partial charge is 0.495 e. The van der Waals surface area contributed by atoms with Crippen molar-refractivity contribution in [2.24, 2.45) is 23.7 Å². The number of carbonyl (C=O) groups is 2. The van der Waals surface area contributed by atoms with Crippen LogP contribution in [0.3, 0.4) is 0 Å². The summed E-state index contributed by atoms with van der Waals surface area (Å²) in [6, 6.07) is 5.56. The number of rotatable bonds is 4. The number of aryl methyl sites for hydroxylation is 1. The number of methoxy groups -OCH3 is 1. The highest BCUT2D eigenvalue weighted by molar-refractivity contribution is 5.97. The molecule has 4 atom stereocenters. The number of benzene rings is 1. The predicted octanol–water partition coefficient (Wildman–Crippen LogP) is 2.69. The lowest BCUT2D eigenvalue weighted by Crippen LogP contribution is -2.37. The molecule has 2 saturated carbocycles. The molecule has 2 bridgehead atoms. The Morgan fingerprint density at radius 3 is 2.55 bits per heavy atom. The molecule has 0 aromatic heterocycles. The van der Waals surface area contributed by atoms with Gasteiger partial charge in [-0.05, 0) is 55.7 Å². The minimum Gasteiger partial charge on any atom is -0.495 e. The lowest BCUT2D eigenvalue weighted by molar-refractivity contribution is -0.148. The smallest absolute Gasteiger partial charge is 0.307 e. The molecule has 5 heteroatoms. The summed E-state index contributed by atoms with van der Waals surface area (Å²) in [5.74, 6) is -1.07. The van der Waals surface area contributed by atoms with Crippen LogP contribution in [0.2, 0.25) is 0 Å². The number of hydrogen-bond donors (Lipinski definition) is 2. The fourth-order valence-electron chi connectivity index (χ4n) is 4.16. The molecule has 0 unspecified atom stereocenters. The molecule has 2 aliphatic rings. The Labute approximate surface area is 129 Å². The van der Waals surface area contributed by atoms with Crippen LogP contribution < -0.4 is 10.1 Å². The highest BCUT2D eigenvalue weighted by atomic mass is 16.5. The molecular formula is C17H21NO4. The Hall–Kier alpha value is -2.04. The van der Waals surface area contributed by atoms with E-state index >= 15 is 0 Å². The second kappa shape index (κ2) is 5.63. The molecule has 1 aromatic rings. The number of carboxylic acids is 1. The van der Waals surface area contributed by atoms with Crippen LogP contribution in [0.25, 0.3) is 0 Å². The average molecular weight is 303 g/mol. The van der Waals surface area contributed by atoms with Crippen molar-refractivity contribution < 1.29 is 19.4 Å². The van der Waals surface area contributed by atoms with E-state index in [1.807, 2.05) is 19.1 Å². The molecule has 1 amide bonds. The average Bonchev–Trinajstić information content (AvgIpc) is 3.08. The van der Waals surface area contributed by atoms with Gasteiger partial charge in [-0.1, -0.05) is 6.07 Å². The molecule has 0 heterocycles. The van der Waals surface area contributed by atoms with Crippen molar-refractivity contribution in [2.75, 3.05) is 12.4 Å². The molecule has 0 spiro atoms. The highest BCUT2D eigenvalue weighted by Gasteiger charge is 2.54. The van der Waals surface area contributed by atoms with E-state index < -0.39 is 17.8 Å². The van der Waals surface area contributed by atoms with Gasteiger partial charge >= 0.3 is 5.97 Å². The fourth-order valence-corrected chi connectivity index (χ4v) is 4.16. The number of carboxylic acid groups (broad SMARTS) is 1. The van der Waals surface area contributed by atoms with E-state index in [9.17, 15) is 14.7 Å². The lowest BCUT2D eigenvalue weighted by atomic mass is 9.78. The highest BCUT2D eigenvalue weighted by Crippen LogP contribution is 2.52. The van der Waals surface area contributed by atoms with Gasteiger partial charge in [0.2, 0.25) is 5.91 Å². The van der Waals surface area contributed by atoms with Gasteiger partial charge in [0.1, 0.15) is 5.75 Å². The maximum atomic E-state index is 12.7. The van der Waals surface area contributed by atoms with Crippen LogP contribution in [0.15, 0.2) is 18.2 Å². The van der Waals surface area contributed by atoms with E-state index in [0.717, 1.165) is 24.8 Å². The third kappa shape index (κ3) is 2.45. The van der Waals surface area contributed by atoms with Gasteiger partial charge in [0, 0.05) is 0 Å². The van der Waals surface area contributed by atoms with Crippen LogP contribution >= 0.6 is 0 Å². The number of amides is 1. The molecule has 2 aliphatic carbocycles. The Kier molecular flexibility index (Phi) is 3.81. The first-order valence-corrected chi connectivity index (χ1v) is 7.69. The normalized spacial score (nSPS) is 29.4. The van der Waals surface area contributed by atoms with Gasteiger partial charge < -0.3 is 15.2 Å². The summed E-state index contributed by atoms with van der Waals surface area (Å²) in [5, 5.41) is 12.3. The molecular weight excluding hydrogens is 282 g/mol. The second-order valence-electron chi connectivity index (χ2n) is 6.42. The third-order valence-corrected chi connectivity index (χ3v) is 5.12. The van der Waals surface area contributed by atoms with Crippen molar-refractivity contribution in [1.82, 2.24) is 0 Å². The Balaban J connectivity index is 1.82. The number of nitrogens with one attached hydrogen (secondary N) is 1. The number of fused-ring (bicyclic) bond motifs is 2. The van der Waals surface area contributed by atoms with E-state index in [0.29, 0.717) is 11.4 Å². The number of carbonyl (C=O) groups excluding carboxylic acids is 1. The van der Waals surface area contributed by atoms with Gasteiger partial charge in [0.05, 0.1) is 24.6 Å². The first-order valence-electron chi connectivity index (χ1n) is 7.69. The van der Waals surface area contributed by atoms with Crippen molar-refractivity contribution in [3.63, 3.8) is 0 Å². The van der Waals surface area contributed by atoms with Crippen LogP contribution in [-0.4, -0.2) is 24.1 Å². The third-order valence-electron chi connectivity index (χ3n) is 5.12. The van der Waals surface area contributed by atoms with Crippen molar-refractivity contribution in [1.29, 1.82) is 0 Å². The summed E-state index contributed by atoms with van der Waals surface area (Å²) in [4.78, 5) is 24.2. The van der Waals surface area contributed by atoms with Gasteiger partial charge in [-0.25, -0.2) is 0 Å². The number of aliphatic carboxylic acids is 1. The quantitative estimate of drug-likeness (QED) is 0.896. The van der Waals surface area contributed by atoms with Gasteiger partial charge in [-0.3, -0.25) is 9.59 Å². The zero-order valence-electron chi connectivity index (χ0n) is 12.8. The van der Waals surface area contributed by atoms with Crippen molar-refractivity contribution in [2.45, 2.75) is 26.2 Å². The summed E-state index contributed by atoms with van der Waals surface area (Å²) in [5.41, 5.74) is 1.62. The van der Waals surface area contributed by atoms with Gasteiger partial charge in [-0.2, -0.15) is 0 Å². The van der Waals surface area contributed by atoms with E-state index in [1.165, 1.54) is 0 Å². The van der Waals surface area contributed by atoms with Crippen molar-refractivity contribution in [3.8, 4) is 5.75 Å². The molecule has 0 aliphatic heterocycles. The minimum atomic E-state index is -0.844. The van der Waals surface area contributed by atoms with Gasteiger partial charge in [0.25, 0.3) is 0 Å². The summed E-state index contributed by atoms with van der Waals surface area (Å²) in [7, 11) is 1.55. The second-order valence-corrected chi connectivity index (χ2v) is 6.42. The molecule has 2 N–H and O–H groups in total. The molecule has 118 valence electrons. The van der Waals surface area contributed by atoms with Crippen molar-refractivity contribution in [3.05, 3.63) is 23.8 Å². The van der Waals surface area contributed by atoms with Crippen molar-refractivity contribution >= 4 is 17.6 Å². The van der Waals surface area contributed by atoms with E-state index in [-0.39, 0.29) is 17.7 Å². The minimum absolute atomic E-state index is 0.151. The lowest BCUT2D eigenvalue weighted by Gasteiger charge is -2.27. The molecule has 5 nitrogen and oxygen atoms in total. The fraction of sp³-hybridized carbons (Fsp3) is 0.529. The first-order chi connectivity index (χ1) is 10.5. The number of ether oxygens (including phenoxy) is 1. The predicted molar refractivity (Wildman–Crippen MR) is 81.8 cm³/mol. The Morgan fingerprint density at radius 1 is 1.23 bits per heavy atom. The molecule has 2 fully saturated rings.